The highest BCUT2D eigenvalue weighted by molar-refractivity contribution is 9.08. The molecule has 1 aromatic heterocycles. The van der Waals surface area contributed by atoms with E-state index in [4.69, 9.17) is 4.42 Å². The van der Waals surface area contributed by atoms with Crippen molar-refractivity contribution in [1.29, 1.82) is 0 Å². The molecule has 78 valence electrons. The van der Waals surface area contributed by atoms with Gasteiger partial charge in [-0.2, -0.15) is 0 Å². The Kier molecular flexibility index (Phi) is 3.49. The Morgan fingerprint density at radius 1 is 1.33 bits per heavy atom. The van der Waals surface area contributed by atoms with Gasteiger partial charge in [0, 0.05) is 15.8 Å². The quantitative estimate of drug-likeness (QED) is 0.630. The summed E-state index contributed by atoms with van der Waals surface area (Å²) in [6.07, 6.45) is 3.54. The molecule has 0 fully saturated rings. The largest absolute Gasteiger partial charge is 0.443 e. The molecule has 2 rings (SSSR count). The number of rotatable bonds is 3. The zero-order valence-corrected chi connectivity index (χ0v) is 10.6. The molecule has 1 heterocycles. The highest BCUT2D eigenvalue weighted by Gasteiger charge is 2.08. The topological polar surface area (TPSA) is 26.0 Å². The van der Waals surface area contributed by atoms with Crippen LogP contribution in [0.4, 0.5) is 0 Å². The van der Waals surface area contributed by atoms with Gasteiger partial charge in [0.05, 0.1) is 5.69 Å². The van der Waals surface area contributed by atoms with Crippen molar-refractivity contribution < 1.29 is 4.42 Å². The summed E-state index contributed by atoms with van der Waals surface area (Å²) >= 11 is 5.12. The molecular weight excluding hydrogens is 274 g/mol. The average molecular weight is 284 g/mol. The van der Waals surface area contributed by atoms with Crippen LogP contribution in [0.2, 0.25) is 0 Å². The first-order valence-electron chi connectivity index (χ1n) is 4.48. The van der Waals surface area contributed by atoms with Gasteiger partial charge in [-0.15, -0.1) is 11.8 Å². The van der Waals surface area contributed by atoms with Gasteiger partial charge in [-0.05, 0) is 18.4 Å². The van der Waals surface area contributed by atoms with Gasteiger partial charge in [0.25, 0.3) is 0 Å². The Morgan fingerprint density at radius 2 is 2.07 bits per heavy atom. The number of benzene rings is 1. The maximum atomic E-state index is 5.37. The van der Waals surface area contributed by atoms with E-state index in [0.717, 1.165) is 17.0 Å². The molecule has 0 unspecified atom stereocenters. The van der Waals surface area contributed by atoms with Gasteiger partial charge in [0.2, 0.25) is 0 Å². The minimum Gasteiger partial charge on any atom is -0.443 e. The van der Waals surface area contributed by atoms with Crippen LogP contribution in [0.5, 0.6) is 0 Å². The van der Waals surface area contributed by atoms with Gasteiger partial charge in [0.1, 0.15) is 0 Å². The number of thioether (sulfide) groups is 1. The van der Waals surface area contributed by atoms with Crippen molar-refractivity contribution in [2.75, 3.05) is 6.26 Å². The molecule has 0 aliphatic heterocycles. The van der Waals surface area contributed by atoms with E-state index in [1.165, 1.54) is 11.3 Å². The fourth-order valence-corrected chi connectivity index (χ4v) is 2.15. The summed E-state index contributed by atoms with van der Waals surface area (Å²) < 4.78 is 5.37. The van der Waals surface area contributed by atoms with Crippen LogP contribution in [-0.2, 0) is 5.33 Å². The van der Waals surface area contributed by atoms with Gasteiger partial charge < -0.3 is 4.42 Å². The van der Waals surface area contributed by atoms with E-state index in [1.54, 1.807) is 11.8 Å². The molecule has 0 amide bonds. The highest BCUT2D eigenvalue weighted by atomic mass is 79.9. The van der Waals surface area contributed by atoms with Gasteiger partial charge in [-0.1, -0.05) is 28.1 Å². The van der Waals surface area contributed by atoms with Crippen LogP contribution >= 0.6 is 27.7 Å². The summed E-state index contributed by atoms with van der Waals surface area (Å²) in [4.78, 5) is 5.38. The Hall–Kier alpha value is -0.740. The number of aromatic nitrogens is 1. The third kappa shape index (κ3) is 2.26. The second-order valence-electron chi connectivity index (χ2n) is 2.99. The minimum atomic E-state index is 0.711. The monoisotopic (exact) mass is 283 g/mol. The molecule has 0 N–H and O–H groups in total. The van der Waals surface area contributed by atoms with Crippen LogP contribution in [0, 0.1) is 0 Å². The molecule has 0 atom stereocenters. The van der Waals surface area contributed by atoms with Crippen LogP contribution in [-0.4, -0.2) is 11.2 Å². The van der Waals surface area contributed by atoms with Crippen LogP contribution in [0.3, 0.4) is 0 Å². The van der Waals surface area contributed by atoms with E-state index in [0.29, 0.717) is 5.33 Å². The molecule has 1 aromatic carbocycles. The summed E-state index contributed by atoms with van der Waals surface area (Å²) in [5.41, 5.74) is 2.01. The second kappa shape index (κ2) is 4.86. The van der Waals surface area contributed by atoms with Crippen LogP contribution in [0.25, 0.3) is 11.3 Å². The van der Waals surface area contributed by atoms with Crippen molar-refractivity contribution in [3.63, 3.8) is 0 Å². The molecule has 0 bridgehead atoms. The molecule has 0 radical (unpaired) electrons. The second-order valence-corrected chi connectivity index (χ2v) is 4.43. The number of hydrogen-bond acceptors (Lipinski definition) is 3. The fraction of sp³-hybridized carbons (Fsp3) is 0.182. The number of halogens is 1. The Balaban J connectivity index is 2.37. The zero-order chi connectivity index (χ0) is 10.7. The third-order valence-corrected chi connectivity index (χ3v) is 3.39. The first-order chi connectivity index (χ1) is 7.35. The maximum Gasteiger partial charge on any atom is 0.181 e. The molecule has 0 saturated heterocycles. The number of oxazole rings is 1. The number of nitrogens with zero attached hydrogens (tertiary/aromatic N) is 1. The Morgan fingerprint density at radius 3 is 2.67 bits per heavy atom. The highest BCUT2D eigenvalue weighted by Crippen LogP contribution is 2.26. The van der Waals surface area contributed by atoms with Gasteiger partial charge in [-0.3, -0.25) is 0 Å². The maximum absolute atomic E-state index is 5.37. The standard InChI is InChI=1S/C11H10BrNOS/c1-15-9-4-2-8(3-5-9)11-10(6-12)13-7-14-11/h2-5,7H,6H2,1H3. The summed E-state index contributed by atoms with van der Waals surface area (Å²) in [6.45, 7) is 0. The fourth-order valence-electron chi connectivity index (χ4n) is 1.34. The summed E-state index contributed by atoms with van der Waals surface area (Å²) in [6, 6.07) is 8.28. The van der Waals surface area contributed by atoms with Gasteiger partial charge in [0.15, 0.2) is 12.2 Å². The molecular formula is C11H10BrNOS. The summed E-state index contributed by atoms with van der Waals surface area (Å²) in [5, 5.41) is 0.711. The Labute approximate surface area is 101 Å². The minimum absolute atomic E-state index is 0.711. The van der Waals surface area contributed by atoms with Crippen molar-refractivity contribution in [1.82, 2.24) is 4.98 Å². The van der Waals surface area contributed by atoms with E-state index in [-0.39, 0.29) is 0 Å². The smallest absolute Gasteiger partial charge is 0.181 e. The number of hydrogen-bond donors (Lipinski definition) is 0. The Bertz CT molecular complexity index is 438. The van der Waals surface area contributed by atoms with Crippen molar-refractivity contribution in [3.8, 4) is 11.3 Å². The lowest BCUT2D eigenvalue weighted by Crippen LogP contribution is -1.82. The van der Waals surface area contributed by atoms with Crippen molar-refractivity contribution in [2.45, 2.75) is 10.2 Å². The first-order valence-corrected chi connectivity index (χ1v) is 6.82. The lowest BCUT2D eigenvalue weighted by Gasteiger charge is -2.00. The van der Waals surface area contributed by atoms with E-state index >= 15 is 0 Å². The normalized spacial score (nSPS) is 10.5. The molecule has 4 heteroatoms. The zero-order valence-electron chi connectivity index (χ0n) is 8.24. The van der Waals surface area contributed by atoms with Crippen LogP contribution in [0.1, 0.15) is 5.69 Å². The van der Waals surface area contributed by atoms with Crippen molar-refractivity contribution >= 4 is 27.7 Å². The molecule has 15 heavy (non-hydrogen) atoms. The lowest BCUT2D eigenvalue weighted by atomic mass is 10.1. The van der Waals surface area contributed by atoms with E-state index in [1.807, 2.05) is 0 Å². The first kappa shape index (κ1) is 10.8. The van der Waals surface area contributed by atoms with Crippen molar-refractivity contribution in [2.24, 2.45) is 0 Å². The van der Waals surface area contributed by atoms with Gasteiger partial charge >= 0.3 is 0 Å². The van der Waals surface area contributed by atoms with Crippen LogP contribution in [0.15, 0.2) is 40.0 Å². The molecule has 0 aliphatic carbocycles. The third-order valence-electron chi connectivity index (χ3n) is 2.12. The molecule has 0 aliphatic rings. The summed E-state index contributed by atoms with van der Waals surface area (Å²) in [5.74, 6) is 0.847. The molecule has 2 aromatic rings. The van der Waals surface area contributed by atoms with E-state index in [9.17, 15) is 0 Å². The number of alkyl halides is 1. The van der Waals surface area contributed by atoms with E-state index < -0.39 is 0 Å². The summed E-state index contributed by atoms with van der Waals surface area (Å²) in [7, 11) is 0. The van der Waals surface area contributed by atoms with E-state index in [2.05, 4.69) is 51.4 Å². The SMILES string of the molecule is CSc1ccc(-c2ocnc2CBr)cc1. The van der Waals surface area contributed by atoms with Gasteiger partial charge in [-0.25, -0.2) is 4.98 Å². The predicted molar refractivity (Wildman–Crippen MR) is 66.4 cm³/mol. The average Bonchev–Trinajstić information content (AvgIpc) is 2.77. The molecule has 0 saturated carbocycles. The van der Waals surface area contributed by atoms with Crippen molar-refractivity contribution in [3.05, 3.63) is 36.4 Å². The molecule has 0 spiro atoms. The molecule has 2 nitrogen and oxygen atoms in total. The van der Waals surface area contributed by atoms with Crippen LogP contribution < -0.4 is 0 Å². The predicted octanol–water partition coefficient (Wildman–Crippen LogP) is 3.96. The lowest BCUT2D eigenvalue weighted by molar-refractivity contribution is 0.571.